The Labute approximate surface area is 157 Å². The Kier molecular flexibility index (Phi) is 5.46. The number of nitrogens with zero attached hydrogens (tertiary/aromatic N) is 2. The molecule has 0 aliphatic carbocycles. The van der Waals surface area contributed by atoms with Crippen molar-refractivity contribution >= 4 is 23.0 Å². The molecule has 6 nitrogen and oxygen atoms in total. The van der Waals surface area contributed by atoms with Gasteiger partial charge in [-0.1, -0.05) is 6.92 Å². The minimum absolute atomic E-state index is 0.0305. The van der Waals surface area contributed by atoms with Gasteiger partial charge in [-0.05, 0) is 29.0 Å². The van der Waals surface area contributed by atoms with Crippen molar-refractivity contribution in [3.63, 3.8) is 0 Å². The summed E-state index contributed by atoms with van der Waals surface area (Å²) in [6, 6.07) is 5.51. The summed E-state index contributed by atoms with van der Waals surface area (Å²) in [5.41, 5.74) is 2.79. The Morgan fingerprint density at radius 1 is 1.19 bits per heavy atom. The predicted molar refractivity (Wildman–Crippen MR) is 101 cm³/mol. The van der Waals surface area contributed by atoms with Crippen LogP contribution in [0.4, 0.5) is 0 Å². The summed E-state index contributed by atoms with van der Waals surface area (Å²) in [7, 11) is 4.74. The van der Waals surface area contributed by atoms with Gasteiger partial charge in [-0.25, -0.2) is 5.01 Å². The maximum Gasteiger partial charge on any atom is 0.242 e. The summed E-state index contributed by atoms with van der Waals surface area (Å²) >= 11 is 1.61. The molecule has 2 aromatic rings. The molecule has 0 radical (unpaired) electrons. The number of hydrogen-bond acceptors (Lipinski definition) is 6. The minimum Gasteiger partial charge on any atom is -0.493 e. The van der Waals surface area contributed by atoms with E-state index >= 15 is 0 Å². The lowest BCUT2D eigenvalue weighted by molar-refractivity contribution is -0.132. The first-order valence-electron chi connectivity index (χ1n) is 8.35. The number of hydrogen-bond donors (Lipinski definition) is 0. The Hall–Kier alpha value is -2.54. The molecule has 1 aliphatic rings. The largest absolute Gasteiger partial charge is 0.493 e. The topological polar surface area (TPSA) is 60.4 Å². The van der Waals surface area contributed by atoms with Crippen molar-refractivity contribution < 1.29 is 19.0 Å². The van der Waals surface area contributed by atoms with Gasteiger partial charge in [0.05, 0.1) is 33.1 Å². The first-order chi connectivity index (χ1) is 12.6. The van der Waals surface area contributed by atoms with Crippen LogP contribution in [0.15, 0.2) is 34.1 Å². The zero-order valence-corrected chi connectivity index (χ0v) is 16.1. The lowest BCUT2D eigenvalue weighted by Gasteiger charge is -2.24. The molecule has 0 saturated heterocycles. The second-order valence-corrected chi connectivity index (χ2v) is 6.57. The lowest BCUT2D eigenvalue weighted by Crippen LogP contribution is -2.26. The monoisotopic (exact) mass is 374 g/mol. The molecule has 3 rings (SSSR count). The van der Waals surface area contributed by atoms with Crippen LogP contribution < -0.4 is 14.2 Å². The zero-order valence-electron chi connectivity index (χ0n) is 15.3. The Morgan fingerprint density at radius 3 is 2.54 bits per heavy atom. The standard InChI is InChI=1S/C19H22N2O4S/c1-5-17(22)21-15(10-14(20-21)12-8-9-26-11-12)13-6-7-16(23-2)19(25-4)18(13)24-3/h6-9,11,15H,5,10H2,1-4H3. The van der Waals surface area contributed by atoms with Gasteiger partial charge < -0.3 is 14.2 Å². The van der Waals surface area contributed by atoms with Gasteiger partial charge in [0.25, 0.3) is 0 Å². The highest BCUT2D eigenvalue weighted by molar-refractivity contribution is 7.08. The molecule has 1 aliphatic heterocycles. The number of amides is 1. The normalized spacial score (nSPS) is 16.4. The van der Waals surface area contributed by atoms with Gasteiger partial charge in [-0.15, -0.1) is 0 Å². The molecule has 1 aromatic heterocycles. The highest BCUT2D eigenvalue weighted by atomic mass is 32.1. The Balaban J connectivity index is 2.06. The maximum absolute atomic E-state index is 12.5. The number of methoxy groups -OCH3 is 3. The van der Waals surface area contributed by atoms with E-state index in [-0.39, 0.29) is 11.9 Å². The molecule has 0 bridgehead atoms. The van der Waals surface area contributed by atoms with Crippen molar-refractivity contribution in [2.24, 2.45) is 5.10 Å². The molecule has 7 heteroatoms. The summed E-state index contributed by atoms with van der Waals surface area (Å²) in [6.07, 6.45) is 1.00. The predicted octanol–water partition coefficient (Wildman–Crippen LogP) is 3.86. The van der Waals surface area contributed by atoms with Crippen molar-refractivity contribution in [3.8, 4) is 17.2 Å². The van der Waals surface area contributed by atoms with Crippen LogP contribution in [0.2, 0.25) is 0 Å². The minimum atomic E-state index is -0.243. The molecular formula is C19H22N2O4S. The van der Waals surface area contributed by atoms with E-state index in [9.17, 15) is 4.79 Å². The van der Waals surface area contributed by atoms with Crippen LogP contribution in [0, 0.1) is 0 Å². The number of rotatable bonds is 6. The van der Waals surface area contributed by atoms with Crippen molar-refractivity contribution in [2.45, 2.75) is 25.8 Å². The van der Waals surface area contributed by atoms with E-state index in [0.717, 1.165) is 16.8 Å². The molecule has 1 atom stereocenters. The van der Waals surface area contributed by atoms with Crippen LogP contribution in [-0.4, -0.2) is 38.0 Å². The molecular weight excluding hydrogens is 352 g/mol. The van der Waals surface area contributed by atoms with E-state index < -0.39 is 0 Å². The van der Waals surface area contributed by atoms with Gasteiger partial charge in [-0.3, -0.25) is 4.79 Å². The van der Waals surface area contributed by atoms with E-state index in [1.807, 2.05) is 35.9 Å². The lowest BCUT2D eigenvalue weighted by atomic mass is 9.98. The molecule has 0 N–H and O–H groups in total. The van der Waals surface area contributed by atoms with Crippen LogP contribution in [0.1, 0.15) is 36.9 Å². The fourth-order valence-corrected chi connectivity index (χ4v) is 3.80. The van der Waals surface area contributed by atoms with Crippen LogP contribution in [-0.2, 0) is 4.79 Å². The van der Waals surface area contributed by atoms with Gasteiger partial charge in [-0.2, -0.15) is 16.4 Å². The van der Waals surface area contributed by atoms with Crippen LogP contribution in [0.3, 0.4) is 0 Å². The number of ether oxygens (including phenoxy) is 3. The number of carbonyl (C=O) groups is 1. The number of thiophene rings is 1. The fourth-order valence-electron chi connectivity index (χ4n) is 3.13. The van der Waals surface area contributed by atoms with Crippen molar-refractivity contribution in [3.05, 3.63) is 40.1 Å². The third kappa shape index (κ3) is 3.14. The summed E-state index contributed by atoms with van der Waals surface area (Å²) in [5.74, 6) is 1.63. The molecule has 1 aromatic carbocycles. The third-order valence-electron chi connectivity index (χ3n) is 4.42. The zero-order chi connectivity index (χ0) is 18.7. The molecule has 1 amide bonds. The maximum atomic E-state index is 12.5. The first-order valence-corrected chi connectivity index (χ1v) is 9.29. The highest BCUT2D eigenvalue weighted by Gasteiger charge is 2.35. The molecule has 138 valence electrons. The van der Waals surface area contributed by atoms with E-state index in [0.29, 0.717) is 30.1 Å². The molecule has 26 heavy (non-hydrogen) atoms. The second kappa shape index (κ2) is 7.78. The summed E-state index contributed by atoms with van der Waals surface area (Å²) < 4.78 is 16.5. The van der Waals surface area contributed by atoms with Crippen molar-refractivity contribution in [1.82, 2.24) is 5.01 Å². The van der Waals surface area contributed by atoms with Crippen molar-refractivity contribution in [2.75, 3.05) is 21.3 Å². The highest BCUT2D eigenvalue weighted by Crippen LogP contribution is 2.46. The number of carbonyl (C=O) groups excluding carboxylic acids is 1. The summed E-state index contributed by atoms with van der Waals surface area (Å²) in [6.45, 7) is 1.84. The van der Waals surface area contributed by atoms with Crippen LogP contribution in [0.25, 0.3) is 0 Å². The number of benzene rings is 1. The molecule has 2 heterocycles. The van der Waals surface area contributed by atoms with Gasteiger partial charge in [0, 0.05) is 24.0 Å². The third-order valence-corrected chi connectivity index (χ3v) is 5.10. The van der Waals surface area contributed by atoms with E-state index in [1.54, 1.807) is 37.7 Å². The van der Waals surface area contributed by atoms with E-state index in [1.165, 1.54) is 0 Å². The van der Waals surface area contributed by atoms with Crippen LogP contribution >= 0.6 is 11.3 Å². The first kappa shape index (κ1) is 18.3. The van der Waals surface area contributed by atoms with E-state index in [4.69, 9.17) is 14.2 Å². The Morgan fingerprint density at radius 2 is 1.96 bits per heavy atom. The molecule has 0 fully saturated rings. The average molecular weight is 374 g/mol. The second-order valence-electron chi connectivity index (χ2n) is 5.79. The quantitative estimate of drug-likeness (QED) is 0.770. The number of hydrazone groups is 1. The van der Waals surface area contributed by atoms with Gasteiger partial charge in [0.15, 0.2) is 11.5 Å². The SMILES string of the molecule is CCC(=O)N1N=C(c2ccsc2)CC1c1ccc(OC)c(OC)c1OC. The van der Waals surface area contributed by atoms with Crippen LogP contribution in [0.5, 0.6) is 17.2 Å². The van der Waals surface area contributed by atoms with Gasteiger partial charge in [0.2, 0.25) is 11.7 Å². The fraction of sp³-hybridized carbons (Fsp3) is 0.368. The molecule has 0 saturated carbocycles. The van der Waals surface area contributed by atoms with Gasteiger partial charge >= 0.3 is 0 Å². The summed E-state index contributed by atoms with van der Waals surface area (Å²) in [5, 5.41) is 10.2. The molecule has 1 unspecified atom stereocenters. The smallest absolute Gasteiger partial charge is 0.242 e. The average Bonchev–Trinajstić information content (AvgIpc) is 3.35. The Bertz CT molecular complexity index is 817. The molecule has 0 spiro atoms. The van der Waals surface area contributed by atoms with Gasteiger partial charge in [0.1, 0.15) is 0 Å². The van der Waals surface area contributed by atoms with E-state index in [2.05, 4.69) is 5.10 Å². The summed E-state index contributed by atoms with van der Waals surface area (Å²) in [4.78, 5) is 12.5. The van der Waals surface area contributed by atoms with Crippen molar-refractivity contribution in [1.29, 1.82) is 0 Å².